The average molecular weight is 235 g/mol. The molecule has 0 aliphatic heterocycles. The Morgan fingerprint density at radius 3 is 2.59 bits per heavy atom. The molecule has 0 saturated carbocycles. The molecule has 0 radical (unpaired) electrons. The minimum atomic E-state index is -0.114. The molecule has 1 unspecified atom stereocenters. The van der Waals surface area contributed by atoms with Crippen molar-refractivity contribution in [3.05, 3.63) is 35.9 Å². The lowest BCUT2D eigenvalue weighted by atomic mass is 9.99. The summed E-state index contributed by atoms with van der Waals surface area (Å²) in [5.74, 6) is -0.213. The number of hydrogen-bond donors (Lipinski definition) is 1. The predicted molar refractivity (Wildman–Crippen MR) is 68.8 cm³/mol. The van der Waals surface area contributed by atoms with Crippen LogP contribution >= 0.6 is 0 Å². The van der Waals surface area contributed by atoms with E-state index in [-0.39, 0.29) is 11.9 Å². The lowest BCUT2D eigenvalue weighted by Crippen LogP contribution is -2.31. The summed E-state index contributed by atoms with van der Waals surface area (Å²) in [6.07, 6.45) is 0.729. The highest BCUT2D eigenvalue weighted by molar-refractivity contribution is 5.73. The smallest absolute Gasteiger partial charge is 0.310 e. The molecule has 0 fully saturated rings. The van der Waals surface area contributed by atoms with Crippen molar-refractivity contribution in [3.63, 3.8) is 0 Å². The van der Waals surface area contributed by atoms with Crippen LogP contribution < -0.4 is 5.32 Å². The third kappa shape index (κ3) is 5.00. The number of benzene rings is 1. The maximum Gasteiger partial charge on any atom is 0.310 e. The van der Waals surface area contributed by atoms with E-state index in [4.69, 9.17) is 4.74 Å². The normalized spacial score (nSPS) is 12.1. The zero-order chi connectivity index (χ0) is 12.5. The molecule has 0 bridgehead atoms. The lowest BCUT2D eigenvalue weighted by molar-refractivity contribution is -0.147. The summed E-state index contributed by atoms with van der Waals surface area (Å²) in [6, 6.07) is 10.0. The van der Waals surface area contributed by atoms with Gasteiger partial charge in [0.05, 0.1) is 12.5 Å². The summed E-state index contributed by atoms with van der Waals surface area (Å²) < 4.78 is 5.09. The van der Waals surface area contributed by atoms with Gasteiger partial charge >= 0.3 is 5.97 Å². The Morgan fingerprint density at radius 2 is 2.00 bits per heavy atom. The second-order valence-electron chi connectivity index (χ2n) is 3.95. The van der Waals surface area contributed by atoms with Crippen LogP contribution in [-0.4, -0.2) is 25.7 Å². The Labute approximate surface area is 103 Å². The van der Waals surface area contributed by atoms with E-state index in [2.05, 4.69) is 5.32 Å². The molecule has 3 heteroatoms. The van der Waals surface area contributed by atoms with Gasteiger partial charge in [0.25, 0.3) is 0 Å². The van der Waals surface area contributed by atoms with Gasteiger partial charge in [-0.15, -0.1) is 0 Å². The van der Waals surface area contributed by atoms with Crippen molar-refractivity contribution in [3.8, 4) is 0 Å². The van der Waals surface area contributed by atoms with Crippen molar-refractivity contribution in [2.45, 2.75) is 20.3 Å². The number of hydrogen-bond acceptors (Lipinski definition) is 3. The first-order valence-electron chi connectivity index (χ1n) is 6.19. The van der Waals surface area contributed by atoms with E-state index in [0.717, 1.165) is 13.0 Å². The Bertz CT molecular complexity index is 324. The fraction of sp³-hybridized carbons (Fsp3) is 0.500. The molecule has 1 N–H and O–H groups in total. The van der Waals surface area contributed by atoms with Gasteiger partial charge in [0.2, 0.25) is 0 Å². The summed E-state index contributed by atoms with van der Waals surface area (Å²) in [4.78, 5) is 11.8. The summed E-state index contributed by atoms with van der Waals surface area (Å²) in [5, 5.41) is 3.21. The Balaban J connectivity index is 2.59. The molecule has 1 rings (SSSR count). The number of carbonyl (C=O) groups is 1. The van der Waals surface area contributed by atoms with Gasteiger partial charge in [0.15, 0.2) is 0 Å². The molecule has 94 valence electrons. The Hall–Kier alpha value is -1.35. The van der Waals surface area contributed by atoms with Gasteiger partial charge in [-0.1, -0.05) is 37.3 Å². The quantitative estimate of drug-likeness (QED) is 0.735. The van der Waals surface area contributed by atoms with Gasteiger partial charge in [-0.3, -0.25) is 4.79 Å². The van der Waals surface area contributed by atoms with Crippen LogP contribution in [-0.2, 0) is 16.0 Å². The van der Waals surface area contributed by atoms with E-state index in [0.29, 0.717) is 13.2 Å². The molecule has 0 aliphatic carbocycles. The summed E-state index contributed by atoms with van der Waals surface area (Å²) in [5.41, 5.74) is 1.17. The van der Waals surface area contributed by atoms with Gasteiger partial charge in [0.1, 0.15) is 0 Å². The van der Waals surface area contributed by atoms with E-state index in [9.17, 15) is 4.79 Å². The lowest BCUT2D eigenvalue weighted by Gasteiger charge is -2.15. The first-order valence-corrected chi connectivity index (χ1v) is 6.19. The summed E-state index contributed by atoms with van der Waals surface area (Å²) in [6.45, 7) is 5.85. The molecule has 1 aromatic rings. The van der Waals surface area contributed by atoms with Crippen LogP contribution in [0.5, 0.6) is 0 Å². The Kier molecular flexibility index (Phi) is 6.33. The molecule has 1 atom stereocenters. The molecular weight excluding hydrogens is 214 g/mol. The molecule has 0 amide bonds. The Morgan fingerprint density at radius 1 is 1.29 bits per heavy atom. The maximum atomic E-state index is 11.8. The predicted octanol–water partition coefficient (Wildman–Crippen LogP) is 2.02. The van der Waals surface area contributed by atoms with Gasteiger partial charge < -0.3 is 10.1 Å². The minimum Gasteiger partial charge on any atom is -0.466 e. The highest BCUT2D eigenvalue weighted by Crippen LogP contribution is 2.10. The van der Waals surface area contributed by atoms with Gasteiger partial charge in [-0.25, -0.2) is 0 Å². The molecule has 3 nitrogen and oxygen atoms in total. The summed E-state index contributed by atoms with van der Waals surface area (Å²) in [7, 11) is 0. The van der Waals surface area contributed by atoms with E-state index in [1.54, 1.807) is 0 Å². The van der Waals surface area contributed by atoms with Crippen molar-refractivity contribution in [1.82, 2.24) is 5.32 Å². The molecule has 17 heavy (non-hydrogen) atoms. The van der Waals surface area contributed by atoms with Crippen LogP contribution in [0.4, 0.5) is 0 Å². The molecule has 0 aromatic heterocycles. The molecule has 0 aliphatic rings. The van der Waals surface area contributed by atoms with Crippen molar-refractivity contribution in [2.75, 3.05) is 19.7 Å². The van der Waals surface area contributed by atoms with E-state index < -0.39 is 0 Å². The first kappa shape index (κ1) is 13.7. The first-order chi connectivity index (χ1) is 8.27. The number of ether oxygens (including phenoxy) is 1. The van der Waals surface area contributed by atoms with E-state index in [1.807, 2.05) is 44.2 Å². The van der Waals surface area contributed by atoms with Crippen LogP contribution in [0.15, 0.2) is 30.3 Å². The van der Waals surface area contributed by atoms with Crippen LogP contribution in [0.1, 0.15) is 19.4 Å². The van der Waals surface area contributed by atoms with E-state index >= 15 is 0 Å². The van der Waals surface area contributed by atoms with Crippen molar-refractivity contribution in [1.29, 1.82) is 0 Å². The molecule has 0 heterocycles. The fourth-order valence-electron chi connectivity index (χ4n) is 1.72. The minimum absolute atomic E-state index is 0.0997. The second kappa shape index (κ2) is 7.85. The average Bonchev–Trinajstić information content (AvgIpc) is 2.36. The van der Waals surface area contributed by atoms with Crippen LogP contribution in [0.25, 0.3) is 0 Å². The third-order valence-corrected chi connectivity index (χ3v) is 2.59. The van der Waals surface area contributed by atoms with Crippen molar-refractivity contribution >= 4 is 5.97 Å². The van der Waals surface area contributed by atoms with Gasteiger partial charge in [-0.2, -0.15) is 0 Å². The van der Waals surface area contributed by atoms with Crippen molar-refractivity contribution in [2.24, 2.45) is 5.92 Å². The fourth-order valence-corrected chi connectivity index (χ4v) is 1.72. The topological polar surface area (TPSA) is 38.3 Å². The zero-order valence-corrected chi connectivity index (χ0v) is 10.6. The number of esters is 1. The highest BCUT2D eigenvalue weighted by Gasteiger charge is 2.19. The van der Waals surface area contributed by atoms with Crippen LogP contribution in [0.3, 0.4) is 0 Å². The molecule has 0 saturated heterocycles. The molecule has 0 spiro atoms. The van der Waals surface area contributed by atoms with Gasteiger partial charge in [0, 0.05) is 6.54 Å². The zero-order valence-electron chi connectivity index (χ0n) is 10.6. The summed E-state index contributed by atoms with van der Waals surface area (Å²) >= 11 is 0. The SMILES string of the molecule is CCNCC(Cc1ccccc1)C(=O)OCC. The monoisotopic (exact) mass is 235 g/mol. The standard InChI is InChI=1S/C14H21NO2/c1-3-15-11-13(14(16)17-4-2)10-12-8-6-5-7-9-12/h5-9,13,15H,3-4,10-11H2,1-2H3. The second-order valence-corrected chi connectivity index (χ2v) is 3.95. The van der Waals surface area contributed by atoms with Crippen LogP contribution in [0.2, 0.25) is 0 Å². The highest BCUT2D eigenvalue weighted by atomic mass is 16.5. The number of rotatable bonds is 7. The van der Waals surface area contributed by atoms with E-state index in [1.165, 1.54) is 5.56 Å². The molecular formula is C14H21NO2. The van der Waals surface area contributed by atoms with Crippen molar-refractivity contribution < 1.29 is 9.53 Å². The number of carbonyl (C=O) groups excluding carboxylic acids is 1. The number of nitrogens with one attached hydrogen (secondary N) is 1. The third-order valence-electron chi connectivity index (χ3n) is 2.59. The maximum absolute atomic E-state index is 11.8. The van der Waals surface area contributed by atoms with Crippen LogP contribution in [0, 0.1) is 5.92 Å². The molecule has 1 aromatic carbocycles. The van der Waals surface area contributed by atoms with Gasteiger partial charge in [-0.05, 0) is 25.5 Å². The largest absolute Gasteiger partial charge is 0.466 e.